The molecule has 0 bridgehead atoms. The molecule has 2 unspecified atom stereocenters. The van der Waals surface area contributed by atoms with Crippen molar-refractivity contribution in [2.24, 2.45) is 5.73 Å². The third-order valence-electron chi connectivity index (χ3n) is 1.53. The molecule has 0 saturated heterocycles. The average molecular weight is 201 g/mol. The van der Waals surface area contributed by atoms with Crippen LogP contribution in [0, 0.1) is 0 Å². The summed E-state index contributed by atoms with van der Waals surface area (Å²) in [5.74, 6) is 0.442. The summed E-state index contributed by atoms with van der Waals surface area (Å²) in [6.07, 6.45) is -3.81. The largest absolute Gasteiger partial charge is 0.402 e. The lowest BCUT2D eigenvalue weighted by Gasteiger charge is -2.24. The van der Waals surface area contributed by atoms with Gasteiger partial charge in [0.2, 0.25) is 0 Å². The van der Waals surface area contributed by atoms with Gasteiger partial charge in [0.05, 0.1) is 0 Å². The minimum Gasteiger partial charge on any atom is -0.326 e. The lowest BCUT2D eigenvalue weighted by Crippen LogP contribution is -2.42. The highest BCUT2D eigenvalue weighted by atomic mass is 32.2. The molecule has 12 heavy (non-hydrogen) atoms. The second-order valence-electron chi connectivity index (χ2n) is 2.49. The van der Waals surface area contributed by atoms with Crippen LogP contribution in [0.15, 0.2) is 0 Å². The summed E-state index contributed by atoms with van der Waals surface area (Å²) in [5, 5.41) is -1.41. The molecule has 0 saturated carbocycles. The Balaban J connectivity index is 4.22. The van der Waals surface area contributed by atoms with E-state index in [1.54, 1.807) is 13.8 Å². The molecular weight excluding hydrogens is 187 g/mol. The van der Waals surface area contributed by atoms with E-state index in [0.717, 1.165) is 11.8 Å². The third kappa shape index (κ3) is 3.67. The van der Waals surface area contributed by atoms with Gasteiger partial charge in [-0.2, -0.15) is 13.2 Å². The first kappa shape index (κ1) is 12.1. The van der Waals surface area contributed by atoms with Crippen LogP contribution >= 0.6 is 11.8 Å². The van der Waals surface area contributed by atoms with Crippen LogP contribution in [0.2, 0.25) is 0 Å². The Bertz CT molecular complexity index is 126. The molecule has 74 valence electrons. The summed E-state index contributed by atoms with van der Waals surface area (Å²) < 4.78 is 36.7. The van der Waals surface area contributed by atoms with Gasteiger partial charge in [0, 0.05) is 6.04 Å². The fraction of sp³-hybridized carbons (Fsp3) is 1.00. The van der Waals surface area contributed by atoms with Crippen LogP contribution in [0.25, 0.3) is 0 Å². The quantitative estimate of drug-likeness (QED) is 0.755. The van der Waals surface area contributed by atoms with Crippen LogP contribution in [-0.2, 0) is 0 Å². The fourth-order valence-electron chi connectivity index (χ4n) is 0.854. The molecule has 0 aliphatic carbocycles. The van der Waals surface area contributed by atoms with Crippen molar-refractivity contribution >= 4 is 11.8 Å². The second kappa shape index (κ2) is 4.97. The lowest BCUT2D eigenvalue weighted by atomic mass is 10.1. The minimum absolute atomic E-state index is 0.358. The van der Waals surface area contributed by atoms with Crippen molar-refractivity contribution in [1.29, 1.82) is 0 Å². The number of alkyl halides is 3. The molecule has 2 atom stereocenters. The van der Waals surface area contributed by atoms with Crippen LogP contribution in [-0.4, -0.2) is 23.2 Å². The van der Waals surface area contributed by atoms with E-state index >= 15 is 0 Å². The summed E-state index contributed by atoms with van der Waals surface area (Å²) in [7, 11) is 0. The van der Waals surface area contributed by atoms with Gasteiger partial charge in [0.15, 0.2) is 0 Å². The average Bonchev–Trinajstić information content (AvgIpc) is 1.96. The topological polar surface area (TPSA) is 26.0 Å². The van der Waals surface area contributed by atoms with Crippen molar-refractivity contribution in [3.8, 4) is 0 Å². The van der Waals surface area contributed by atoms with Gasteiger partial charge in [-0.3, -0.25) is 0 Å². The Morgan fingerprint density at radius 2 is 1.83 bits per heavy atom. The first-order valence-electron chi connectivity index (χ1n) is 3.87. The maximum atomic E-state index is 12.2. The van der Waals surface area contributed by atoms with Gasteiger partial charge < -0.3 is 5.73 Å². The predicted molar refractivity (Wildman–Crippen MR) is 46.2 cm³/mol. The number of hydrogen-bond acceptors (Lipinski definition) is 2. The summed E-state index contributed by atoms with van der Waals surface area (Å²) in [4.78, 5) is 0. The Morgan fingerprint density at radius 1 is 1.33 bits per heavy atom. The normalized spacial score (nSPS) is 17.5. The van der Waals surface area contributed by atoms with Gasteiger partial charge >= 0.3 is 6.18 Å². The smallest absolute Gasteiger partial charge is 0.326 e. The van der Waals surface area contributed by atoms with Crippen molar-refractivity contribution in [3.63, 3.8) is 0 Å². The first-order chi connectivity index (χ1) is 5.43. The summed E-state index contributed by atoms with van der Waals surface area (Å²) in [6.45, 7) is 3.37. The zero-order chi connectivity index (χ0) is 9.78. The Morgan fingerprint density at radius 3 is 2.08 bits per heavy atom. The van der Waals surface area contributed by atoms with Crippen LogP contribution in [0.4, 0.5) is 13.2 Å². The van der Waals surface area contributed by atoms with E-state index in [1.165, 1.54) is 0 Å². The maximum absolute atomic E-state index is 12.2. The highest BCUT2D eigenvalue weighted by Gasteiger charge is 2.42. The minimum atomic E-state index is -4.17. The van der Waals surface area contributed by atoms with Gasteiger partial charge in [0.1, 0.15) is 5.25 Å². The van der Waals surface area contributed by atoms with Crippen LogP contribution in [0.1, 0.15) is 20.3 Å². The molecule has 0 amide bonds. The van der Waals surface area contributed by atoms with Crippen LogP contribution in [0.5, 0.6) is 0 Å². The van der Waals surface area contributed by atoms with Crippen molar-refractivity contribution in [2.75, 3.05) is 5.75 Å². The molecule has 0 fully saturated rings. The standard InChI is InChI=1S/C7H14F3NS/c1-3-5(11)6(12-4-2)7(8,9)10/h5-6H,3-4,11H2,1-2H3. The lowest BCUT2D eigenvalue weighted by molar-refractivity contribution is -0.132. The number of halogens is 3. The van der Waals surface area contributed by atoms with Gasteiger partial charge in [-0.05, 0) is 12.2 Å². The fourth-order valence-corrected chi connectivity index (χ4v) is 1.84. The van der Waals surface area contributed by atoms with Crippen molar-refractivity contribution in [1.82, 2.24) is 0 Å². The molecule has 0 spiro atoms. The monoisotopic (exact) mass is 201 g/mol. The highest BCUT2D eigenvalue weighted by Crippen LogP contribution is 2.32. The molecule has 1 nitrogen and oxygen atoms in total. The Kier molecular flexibility index (Phi) is 5.01. The molecule has 0 aliphatic heterocycles. The number of hydrogen-bond donors (Lipinski definition) is 1. The van der Waals surface area contributed by atoms with E-state index in [0.29, 0.717) is 12.2 Å². The van der Waals surface area contributed by atoms with Crippen LogP contribution in [0.3, 0.4) is 0 Å². The van der Waals surface area contributed by atoms with E-state index in [1.807, 2.05) is 0 Å². The van der Waals surface area contributed by atoms with Crippen molar-refractivity contribution < 1.29 is 13.2 Å². The summed E-state index contributed by atoms with van der Waals surface area (Å²) >= 11 is 0.866. The van der Waals surface area contributed by atoms with E-state index in [-0.39, 0.29) is 0 Å². The van der Waals surface area contributed by atoms with Gasteiger partial charge in [-0.15, -0.1) is 11.8 Å². The van der Waals surface area contributed by atoms with E-state index in [9.17, 15) is 13.2 Å². The Hall–Kier alpha value is 0.100. The molecule has 0 heterocycles. The van der Waals surface area contributed by atoms with Gasteiger partial charge in [0.25, 0.3) is 0 Å². The number of thioether (sulfide) groups is 1. The van der Waals surface area contributed by atoms with Gasteiger partial charge in [-0.1, -0.05) is 13.8 Å². The molecule has 0 rings (SSSR count). The molecule has 0 radical (unpaired) electrons. The first-order valence-corrected chi connectivity index (χ1v) is 4.92. The number of nitrogens with two attached hydrogens (primary N) is 1. The maximum Gasteiger partial charge on any atom is 0.402 e. The third-order valence-corrected chi connectivity index (χ3v) is 2.84. The van der Waals surface area contributed by atoms with Crippen molar-refractivity contribution in [2.45, 2.75) is 37.7 Å². The molecular formula is C7H14F3NS. The summed E-state index contributed by atoms with van der Waals surface area (Å²) in [5.41, 5.74) is 5.35. The van der Waals surface area contributed by atoms with Crippen molar-refractivity contribution in [3.05, 3.63) is 0 Å². The van der Waals surface area contributed by atoms with E-state index in [2.05, 4.69) is 0 Å². The van der Waals surface area contributed by atoms with Gasteiger partial charge in [-0.25, -0.2) is 0 Å². The molecule has 0 aliphatic rings. The number of rotatable bonds is 4. The summed E-state index contributed by atoms with van der Waals surface area (Å²) in [6, 6.07) is -0.782. The van der Waals surface area contributed by atoms with E-state index < -0.39 is 17.5 Å². The Labute approximate surface area is 74.9 Å². The SMILES string of the molecule is CCSC(C(N)CC)C(F)(F)F. The molecule has 2 N–H and O–H groups in total. The molecule has 5 heteroatoms. The zero-order valence-corrected chi connectivity index (χ0v) is 8.00. The predicted octanol–water partition coefficient (Wildman–Crippen LogP) is 2.41. The van der Waals surface area contributed by atoms with Crippen LogP contribution < -0.4 is 5.73 Å². The molecule has 0 aromatic heterocycles. The highest BCUT2D eigenvalue weighted by molar-refractivity contribution is 8.00. The molecule has 0 aromatic rings. The zero-order valence-electron chi connectivity index (χ0n) is 7.19. The molecule has 0 aromatic carbocycles. The second-order valence-corrected chi connectivity index (χ2v) is 3.91. The van der Waals surface area contributed by atoms with E-state index in [4.69, 9.17) is 5.73 Å².